The molecule has 0 aliphatic heterocycles. The number of hydrogen-bond donors (Lipinski definition) is 2. The summed E-state index contributed by atoms with van der Waals surface area (Å²) in [6.45, 7) is 8.26. The number of sulfonamides is 1. The number of thiazole rings is 1. The Kier molecular flexibility index (Phi) is 10.9. The fourth-order valence-electron chi connectivity index (χ4n) is 2.17. The highest BCUT2D eigenvalue weighted by molar-refractivity contribution is 14.0. The summed E-state index contributed by atoms with van der Waals surface area (Å²) in [5.74, 6) is 1.06. The zero-order valence-electron chi connectivity index (χ0n) is 16.5. The van der Waals surface area contributed by atoms with Crippen molar-refractivity contribution in [1.29, 1.82) is 0 Å². The fourth-order valence-corrected chi connectivity index (χ4v) is 5.42. The molecule has 0 spiro atoms. The van der Waals surface area contributed by atoms with Crippen LogP contribution in [0, 0.1) is 0 Å². The summed E-state index contributed by atoms with van der Waals surface area (Å²) in [4.78, 5) is 9.12. The first-order valence-corrected chi connectivity index (χ1v) is 12.0. The molecule has 0 bridgehead atoms. The Labute approximate surface area is 192 Å². The molecule has 0 atom stereocenters. The molecule has 0 unspecified atom stereocenters. The number of thiophene rings is 1. The van der Waals surface area contributed by atoms with E-state index in [0.717, 1.165) is 17.2 Å². The molecule has 0 amide bonds. The van der Waals surface area contributed by atoms with Gasteiger partial charge in [-0.2, -0.15) is 4.31 Å². The third-order valence-corrected chi connectivity index (χ3v) is 7.84. The van der Waals surface area contributed by atoms with E-state index in [1.807, 2.05) is 6.92 Å². The molecule has 2 N–H and O–H groups in total. The second kappa shape index (κ2) is 12.1. The van der Waals surface area contributed by atoms with Gasteiger partial charge in [0, 0.05) is 32.1 Å². The van der Waals surface area contributed by atoms with Crippen LogP contribution in [0.2, 0.25) is 0 Å². The maximum atomic E-state index is 12.4. The van der Waals surface area contributed by atoms with Gasteiger partial charge in [-0.1, -0.05) is 19.9 Å². The van der Waals surface area contributed by atoms with Gasteiger partial charge in [0.25, 0.3) is 10.0 Å². The van der Waals surface area contributed by atoms with Crippen LogP contribution in [0.3, 0.4) is 0 Å². The molecule has 2 heterocycles. The van der Waals surface area contributed by atoms with E-state index in [1.165, 1.54) is 15.6 Å². The Morgan fingerprint density at radius 3 is 2.64 bits per heavy atom. The summed E-state index contributed by atoms with van der Waals surface area (Å²) in [7, 11) is -1.84. The molecule has 0 aliphatic carbocycles. The smallest absolute Gasteiger partial charge is 0.252 e. The average Bonchev–Trinajstić information content (AvgIpc) is 3.31. The number of halogens is 1. The molecule has 11 heteroatoms. The van der Waals surface area contributed by atoms with Gasteiger partial charge in [0.15, 0.2) is 5.96 Å². The Bertz CT molecular complexity index is 835. The van der Waals surface area contributed by atoms with Crippen molar-refractivity contribution < 1.29 is 8.42 Å². The van der Waals surface area contributed by atoms with Crippen molar-refractivity contribution in [2.45, 2.75) is 37.4 Å². The van der Waals surface area contributed by atoms with Crippen LogP contribution in [-0.2, 0) is 16.6 Å². The number of nitrogens with one attached hydrogen (secondary N) is 2. The molecule has 0 radical (unpaired) electrons. The molecule has 158 valence electrons. The monoisotopic (exact) mass is 557 g/mol. The Hall–Kier alpha value is -0.760. The van der Waals surface area contributed by atoms with Gasteiger partial charge in [-0.05, 0) is 24.3 Å². The standard InChI is InChI=1S/C17H27N5O2S3.HI/c1-5-18-17(20-11-15-21-14(12-26-15)13(2)3)19-8-9-22(4)27(23,24)16-7-6-10-25-16;/h6-7,10,12-13H,5,8-9,11H2,1-4H3,(H2,18,19,20);1H. The van der Waals surface area contributed by atoms with Gasteiger partial charge in [-0.25, -0.2) is 18.4 Å². The van der Waals surface area contributed by atoms with Gasteiger partial charge >= 0.3 is 0 Å². The van der Waals surface area contributed by atoms with Crippen LogP contribution in [-0.4, -0.2) is 50.3 Å². The molecule has 2 aromatic heterocycles. The molecule has 0 aromatic carbocycles. The molecule has 7 nitrogen and oxygen atoms in total. The lowest BCUT2D eigenvalue weighted by molar-refractivity contribution is 0.471. The van der Waals surface area contributed by atoms with E-state index in [0.29, 0.717) is 35.7 Å². The van der Waals surface area contributed by atoms with Gasteiger partial charge in [0.2, 0.25) is 0 Å². The lowest BCUT2D eigenvalue weighted by Gasteiger charge is -2.17. The highest BCUT2D eigenvalue weighted by Gasteiger charge is 2.21. The third-order valence-electron chi connectivity index (χ3n) is 3.76. The quantitative estimate of drug-likeness (QED) is 0.281. The SMILES string of the molecule is CCNC(=NCc1nc(C(C)C)cs1)NCCN(C)S(=O)(=O)c1cccs1.I. The number of hydrogen-bond acceptors (Lipinski definition) is 6. The maximum Gasteiger partial charge on any atom is 0.252 e. The highest BCUT2D eigenvalue weighted by Crippen LogP contribution is 2.19. The minimum absolute atomic E-state index is 0. The van der Waals surface area contributed by atoms with Crippen LogP contribution in [0.25, 0.3) is 0 Å². The maximum absolute atomic E-state index is 12.4. The van der Waals surface area contributed by atoms with Crippen molar-refractivity contribution >= 4 is 62.6 Å². The lowest BCUT2D eigenvalue weighted by Crippen LogP contribution is -2.41. The van der Waals surface area contributed by atoms with Crippen LogP contribution >= 0.6 is 46.7 Å². The zero-order valence-corrected chi connectivity index (χ0v) is 21.3. The Balaban J connectivity index is 0.00000392. The fraction of sp³-hybridized carbons (Fsp3) is 0.529. The normalized spacial score (nSPS) is 12.3. The van der Waals surface area contributed by atoms with Crippen molar-refractivity contribution in [3.8, 4) is 0 Å². The van der Waals surface area contributed by atoms with Crippen molar-refractivity contribution in [3.63, 3.8) is 0 Å². The molecule has 0 fully saturated rings. The summed E-state index contributed by atoms with van der Waals surface area (Å²) in [6.07, 6.45) is 0. The van der Waals surface area contributed by atoms with Crippen molar-refractivity contribution in [1.82, 2.24) is 19.9 Å². The van der Waals surface area contributed by atoms with Crippen LogP contribution in [0.15, 0.2) is 32.1 Å². The van der Waals surface area contributed by atoms with Gasteiger partial charge < -0.3 is 10.6 Å². The van der Waals surface area contributed by atoms with Crippen LogP contribution < -0.4 is 10.6 Å². The first kappa shape index (κ1) is 25.3. The van der Waals surface area contributed by atoms with E-state index in [1.54, 1.807) is 35.9 Å². The minimum Gasteiger partial charge on any atom is -0.357 e. The van der Waals surface area contributed by atoms with Crippen LogP contribution in [0.1, 0.15) is 37.4 Å². The highest BCUT2D eigenvalue weighted by atomic mass is 127. The number of rotatable bonds is 9. The molecular weight excluding hydrogens is 529 g/mol. The summed E-state index contributed by atoms with van der Waals surface area (Å²) < 4.78 is 26.5. The van der Waals surface area contributed by atoms with Gasteiger partial charge in [-0.3, -0.25) is 0 Å². The predicted octanol–water partition coefficient (Wildman–Crippen LogP) is 3.32. The van der Waals surface area contributed by atoms with Crippen molar-refractivity contribution in [2.75, 3.05) is 26.7 Å². The third kappa shape index (κ3) is 7.25. The average molecular weight is 558 g/mol. The number of guanidine groups is 1. The second-order valence-corrected chi connectivity index (χ2v) is 10.4. The van der Waals surface area contributed by atoms with Gasteiger partial charge in [0.1, 0.15) is 9.22 Å². The lowest BCUT2D eigenvalue weighted by atomic mass is 10.2. The van der Waals surface area contributed by atoms with Gasteiger partial charge in [-0.15, -0.1) is 46.7 Å². The topological polar surface area (TPSA) is 86.7 Å². The molecule has 0 saturated carbocycles. The predicted molar refractivity (Wildman–Crippen MR) is 129 cm³/mol. The van der Waals surface area contributed by atoms with E-state index in [4.69, 9.17) is 0 Å². The summed E-state index contributed by atoms with van der Waals surface area (Å²) >= 11 is 2.83. The molecule has 28 heavy (non-hydrogen) atoms. The Morgan fingerprint density at radius 1 is 1.32 bits per heavy atom. The summed E-state index contributed by atoms with van der Waals surface area (Å²) in [6, 6.07) is 3.36. The first-order valence-electron chi connectivity index (χ1n) is 8.81. The number of aliphatic imine (C=N–C) groups is 1. The van der Waals surface area contributed by atoms with Crippen molar-refractivity contribution in [3.05, 3.63) is 33.6 Å². The van der Waals surface area contributed by atoms with Gasteiger partial charge in [0.05, 0.1) is 12.2 Å². The van der Waals surface area contributed by atoms with E-state index >= 15 is 0 Å². The summed E-state index contributed by atoms with van der Waals surface area (Å²) in [5, 5.41) is 11.2. The molecule has 2 aromatic rings. The molecule has 0 saturated heterocycles. The molecule has 2 rings (SSSR count). The number of aromatic nitrogens is 1. The summed E-state index contributed by atoms with van der Waals surface area (Å²) in [5.41, 5.74) is 1.09. The number of likely N-dealkylation sites (N-methyl/N-ethyl adjacent to an activating group) is 1. The van der Waals surface area contributed by atoms with Crippen LogP contribution in [0.4, 0.5) is 0 Å². The van der Waals surface area contributed by atoms with Crippen molar-refractivity contribution in [2.24, 2.45) is 4.99 Å². The van der Waals surface area contributed by atoms with E-state index in [9.17, 15) is 8.42 Å². The zero-order chi connectivity index (χ0) is 19.9. The van der Waals surface area contributed by atoms with E-state index < -0.39 is 10.0 Å². The second-order valence-electron chi connectivity index (χ2n) is 6.20. The first-order chi connectivity index (χ1) is 12.8. The molecular formula is C17H28IN5O2S3. The Morgan fingerprint density at radius 2 is 2.07 bits per heavy atom. The number of nitrogens with zero attached hydrogens (tertiary/aromatic N) is 3. The minimum atomic E-state index is -3.42. The molecule has 0 aliphatic rings. The van der Waals surface area contributed by atoms with E-state index in [2.05, 4.69) is 39.8 Å². The van der Waals surface area contributed by atoms with Crippen LogP contribution in [0.5, 0.6) is 0 Å². The van der Waals surface area contributed by atoms with E-state index in [-0.39, 0.29) is 24.0 Å². The largest absolute Gasteiger partial charge is 0.357 e.